The lowest BCUT2D eigenvalue weighted by Crippen LogP contribution is -2.19. The molecule has 0 atom stereocenters. The summed E-state index contributed by atoms with van der Waals surface area (Å²) < 4.78 is 2.24. The van der Waals surface area contributed by atoms with Gasteiger partial charge < -0.3 is 19.8 Å². The first kappa shape index (κ1) is 15.4. The number of carboxylic acids is 1. The summed E-state index contributed by atoms with van der Waals surface area (Å²) in [6.07, 6.45) is 3.18. The molecule has 0 unspecified atom stereocenters. The van der Waals surface area contributed by atoms with Gasteiger partial charge in [-0.1, -0.05) is 6.92 Å². The predicted octanol–water partition coefficient (Wildman–Crippen LogP) is 2.45. The summed E-state index contributed by atoms with van der Waals surface area (Å²) in [6.45, 7) is 5.04. The highest BCUT2D eigenvalue weighted by molar-refractivity contribution is 5.92. The van der Waals surface area contributed by atoms with Crippen molar-refractivity contribution in [3.05, 3.63) is 38.9 Å². The van der Waals surface area contributed by atoms with Crippen LogP contribution >= 0.6 is 0 Å². The summed E-state index contributed by atoms with van der Waals surface area (Å²) in [5.41, 5.74) is 2.89. The second-order valence-electron chi connectivity index (χ2n) is 5.99. The van der Waals surface area contributed by atoms with Crippen molar-refractivity contribution >= 4 is 5.97 Å². The molecule has 1 aliphatic carbocycles. The van der Waals surface area contributed by atoms with E-state index in [1.807, 2.05) is 13.0 Å². The molecule has 6 nitrogen and oxygen atoms in total. The number of aryl methyl sites for hydroxylation is 1. The molecule has 3 N–H and O–H groups in total. The summed E-state index contributed by atoms with van der Waals surface area (Å²) in [5.74, 6) is -1.80. The third-order valence-corrected chi connectivity index (χ3v) is 4.48. The zero-order valence-corrected chi connectivity index (χ0v) is 13.3. The Kier molecular flexibility index (Phi) is 3.75. The number of carbonyl (C=O) groups is 1. The molecule has 3 rings (SSSR count). The molecule has 0 fully saturated rings. The molecule has 0 amide bonds. The molecular weight excluding hydrogens is 296 g/mol. The number of carboxylic acid groups (broad SMARTS) is 1. The molecule has 122 valence electrons. The summed E-state index contributed by atoms with van der Waals surface area (Å²) in [7, 11) is 0. The van der Waals surface area contributed by atoms with Gasteiger partial charge in [0, 0.05) is 29.1 Å². The van der Waals surface area contributed by atoms with Crippen LogP contribution in [0.2, 0.25) is 0 Å². The third kappa shape index (κ3) is 2.34. The summed E-state index contributed by atoms with van der Waals surface area (Å²) in [4.78, 5) is 26.0. The van der Waals surface area contributed by atoms with Crippen molar-refractivity contribution in [2.24, 2.45) is 0 Å². The van der Waals surface area contributed by atoms with Gasteiger partial charge in [-0.2, -0.15) is 0 Å². The van der Waals surface area contributed by atoms with Gasteiger partial charge in [-0.05, 0) is 38.7 Å². The van der Waals surface area contributed by atoms with Gasteiger partial charge >= 0.3 is 5.97 Å². The highest BCUT2D eigenvalue weighted by Crippen LogP contribution is 2.37. The Morgan fingerprint density at radius 2 is 2.13 bits per heavy atom. The molecule has 2 aromatic rings. The first-order chi connectivity index (χ1) is 11.0. The SMILES string of the molecule is CCCn1c(C)cc2c1CCCc1c-2[nH]c(=O)c(C(=O)O)c1O. The number of H-pyrrole nitrogens is 1. The highest BCUT2D eigenvalue weighted by Gasteiger charge is 2.27. The predicted molar refractivity (Wildman–Crippen MR) is 86.2 cm³/mol. The minimum atomic E-state index is -1.41. The number of nitrogens with one attached hydrogen (secondary N) is 1. The zero-order chi connectivity index (χ0) is 16.7. The van der Waals surface area contributed by atoms with Crippen LogP contribution in [0.25, 0.3) is 11.3 Å². The van der Waals surface area contributed by atoms with Crippen molar-refractivity contribution in [3.63, 3.8) is 0 Å². The Labute approximate surface area is 133 Å². The van der Waals surface area contributed by atoms with Crippen molar-refractivity contribution in [1.82, 2.24) is 9.55 Å². The van der Waals surface area contributed by atoms with Crippen LogP contribution < -0.4 is 5.56 Å². The molecule has 0 aromatic carbocycles. The van der Waals surface area contributed by atoms with E-state index in [4.69, 9.17) is 5.11 Å². The second-order valence-corrected chi connectivity index (χ2v) is 5.99. The number of aromatic hydroxyl groups is 1. The van der Waals surface area contributed by atoms with Gasteiger partial charge in [0.2, 0.25) is 0 Å². The first-order valence-corrected chi connectivity index (χ1v) is 7.86. The van der Waals surface area contributed by atoms with E-state index in [0.717, 1.165) is 42.8 Å². The van der Waals surface area contributed by atoms with Gasteiger partial charge in [-0.15, -0.1) is 0 Å². The maximum Gasteiger partial charge on any atom is 0.345 e. The smallest absolute Gasteiger partial charge is 0.345 e. The number of aromatic carboxylic acids is 1. The normalized spacial score (nSPS) is 13.3. The summed E-state index contributed by atoms with van der Waals surface area (Å²) in [5, 5.41) is 19.5. The number of hydrogen-bond acceptors (Lipinski definition) is 3. The van der Waals surface area contributed by atoms with E-state index in [1.165, 1.54) is 0 Å². The van der Waals surface area contributed by atoms with Gasteiger partial charge in [0.05, 0.1) is 5.69 Å². The van der Waals surface area contributed by atoms with E-state index in [2.05, 4.69) is 16.5 Å². The average Bonchev–Trinajstić information content (AvgIpc) is 2.67. The molecule has 0 saturated carbocycles. The van der Waals surface area contributed by atoms with Crippen LogP contribution in [0.4, 0.5) is 0 Å². The van der Waals surface area contributed by atoms with E-state index in [-0.39, 0.29) is 0 Å². The molecule has 6 heteroatoms. The Morgan fingerprint density at radius 1 is 1.39 bits per heavy atom. The van der Waals surface area contributed by atoms with E-state index < -0.39 is 22.8 Å². The van der Waals surface area contributed by atoms with Crippen LogP contribution in [0.5, 0.6) is 5.75 Å². The lowest BCUT2D eigenvalue weighted by Gasteiger charge is -2.11. The molecule has 0 bridgehead atoms. The lowest BCUT2D eigenvalue weighted by molar-refractivity contribution is 0.0691. The molecule has 2 aromatic heterocycles. The van der Waals surface area contributed by atoms with Crippen molar-refractivity contribution < 1.29 is 15.0 Å². The second kappa shape index (κ2) is 5.61. The van der Waals surface area contributed by atoms with Gasteiger partial charge in [0.1, 0.15) is 5.75 Å². The minimum Gasteiger partial charge on any atom is -0.506 e. The largest absolute Gasteiger partial charge is 0.506 e. The molecule has 2 heterocycles. The fourth-order valence-corrected chi connectivity index (χ4v) is 3.48. The number of pyridine rings is 1. The molecule has 23 heavy (non-hydrogen) atoms. The standard InChI is InChI=1S/C17H20N2O4/c1-3-7-19-9(2)8-11-12(19)6-4-5-10-14(11)18-16(21)13(15(10)20)17(22)23/h8H,3-7H2,1-2H3,(H,22,23)(H2,18,20,21). The van der Waals surface area contributed by atoms with Gasteiger partial charge in [-0.3, -0.25) is 4.79 Å². The molecule has 0 saturated heterocycles. The van der Waals surface area contributed by atoms with Crippen molar-refractivity contribution in [1.29, 1.82) is 0 Å². The van der Waals surface area contributed by atoms with Crippen molar-refractivity contribution in [2.75, 3.05) is 0 Å². The number of hydrogen-bond donors (Lipinski definition) is 3. The van der Waals surface area contributed by atoms with Crippen LogP contribution in [0.3, 0.4) is 0 Å². The van der Waals surface area contributed by atoms with Gasteiger partial charge in [0.15, 0.2) is 5.56 Å². The highest BCUT2D eigenvalue weighted by atomic mass is 16.4. The monoisotopic (exact) mass is 316 g/mol. The topological polar surface area (TPSA) is 95.3 Å². The Morgan fingerprint density at radius 3 is 2.78 bits per heavy atom. The van der Waals surface area contributed by atoms with Crippen LogP contribution in [0, 0.1) is 6.92 Å². The Bertz CT molecular complexity index is 845. The lowest BCUT2D eigenvalue weighted by atomic mass is 10.0. The summed E-state index contributed by atoms with van der Waals surface area (Å²) in [6, 6.07) is 2.00. The Balaban J connectivity index is 2.30. The minimum absolute atomic E-state index is 0.398. The number of rotatable bonds is 3. The third-order valence-electron chi connectivity index (χ3n) is 4.48. The molecule has 1 aliphatic rings. The number of nitrogens with zero attached hydrogens (tertiary/aromatic N) is 1. The Hall–Kier alpha value is -2.50. The fourth-order valence-electron chi connectivity index (χ4n) is 3.48. The fraction of sp³-hybridized carbons (Fsp3) is 0.412. The van der Waals surface area contributed by atoms with Crippen LogP contribution in [-0.2, 0) is 19.4 Å². The quantitative estimate of drug-likeness (QED) is 0.810. The van der Waals surface area contributed by atoms with Crippen molar-refractivity contribution in [2.45, 2.75) is 46.1 Å². The molecule has 0 aliphatic heterocycles. The average molecular weight is 316 g/mol. The van der Waals surface area contributed by atoms with Crippen LogP contribution in [-0.4, -0.2) is 25.7 Å². The van der Waals surface area contributed by atoms with E-state index in [0.29, 0.717) is 17.7 Å². The zero-order valence-electron chi connectivity index (χ0n) is 13.3. The van der Waals surface area contributed by atoms with Gasteiger partial charge in [0.25, 0.3) is 5.56 Å². The first-order valence-electron chi connectivity index (χ1n) is 7.86. The van der Waals surface area contributed by atoms with Crippen LogP contribution in [0.15, 0.2) is 10.9 Å². The number of aromatic amines is 1. The van der Waals surface area contributed by atoms with E-state index in [9.17, 15) is 14.7 Å². The molecule has 0 radical (unpaired) electrons. The molecular formula is C17H20N2O4. The maximum atomic E-state index is 12.1. The van der Waals surface area contributed by atoms with E-state index >= 15 is 0 Å². The molecule has 0 spiro atoms. The summed E-state index contributed by atoms with van der Waals surface area (Å²) >= 11 is 0. The van der Waals surface area contributed by atoms with Crippen LogP contribution in [0.1, 0.15) is 47.1 Å². The number of aromatic nitrogens is 2. The maximum absolute atomic E-state index is 12.1. The van der Waals surface area contributed by atoms with E-state index in [1.54, 1.807) is 0 Å². The van der Waals surface area contributed by atoms with Crippen molar-refractivity contribution in [3.8, 4) is 17.0 Å². The van der Waals surface area contributed by atoms with Gasteiger partial charge in [-0.25, -0.2) is 4.79 Å². The number of fused-ring (bicyclic) bond motifs is 3.